The van der Waals surface area contributed by atoms with E-state index in [1.54, 1.807) is 12.4 Å². The highest BCUT2D eigenvalue weighted by atomic mass is 32.1. The van der Waals surface area contributed by atoms with Gasteiger partial charge in [-0.25, -0.2) is 19.9 Å². The summed E-state index contributed by atoms with van der Waals surface area (Å²) in [5.41, 5.74) is 0.0911. The molecule has 7 nitrogen and oxygen atoms in total. The van der Waals surface area contributed by atoms with Crippen LogP contribution in [0.25, 0.3) is 5.82 Å². The van der Waals surface area contributed by atoms with Gasteiger partial charge in [0.25, 0.3) is 0 Å². The van der Waals surface area contributed by atoms with Gasteiger partial charge in [0, 0.05) is 43.5 Å². The molecule has 11 heteroatoms. The lowest BCUT2D eigenvalue weighted by Crippen LogP contribution is -2.38. The molecule has 0 radical (unpaired) electrons. The minimum atomic E-state index is -4.40. The largest absolute Gasteiger partial charge is 0.434 e. The zero-order chi connectivity index (χ0) is 21.6. The van der Waals surface area contributed by atoms with E-state index in [0.717, 1.165) is 33.9 Å². The van der Waals surface area contributed by atoms with Gasteiger partial charge in [0.1, 0.15) is 11.6 Å². The molecule has 160 valence electrons. The second-order valence-corrected chi connectivity index (χ2v) is 7.31. The number of imidazole rings is 1. The summed E-state index contributed by atoms with van der Waals surface area (Å²) in [5, 5.41) is 7.71. The van der Waals surface area contributed by atoms with Crippen molar-refractivity contribution in [3.05, 3.63) is 58.2 Å². The Kier molecular flexibility index (Phi) is 7.03. The molecule has 0 bridgehead atoms. The molecule has 0 fully saturated rings. The number of hydrogen-bond donors (Lipinski definition) is 2. The zero-order valence-electron chi connectivity index (χ0n) is 16.6. The van der Waals surface area contributed by atoms with Crippen LogP contribution in [-0.4, -0.2) is 38.6 Å². The summed E-state index contributed by atoms with van der Waals surface area (Å²) in [5.74, 6) is 2.22. The van der Waals surface area contributed by atoms with Gasteiger partial charge in [-0.15, -0.1) is 11.3 Å². The Hall–Kier alpha value is -2.95. The van der Waals surface area contributed by atoms with Crippen molar-refractivity contribution in [2.75, 3.05) is 13.1 Å². The maximum absolute atomic E-state index is 12.6. The van der Waals surface area contributed by atoms with E-state index in [1.165, 1.54) is 0 Å². The number of nitrogens with one attached hydrogen (secondary N) is 2. The minimum Gasteiger partial charge on any atom is -0.357 e. The number of aliphatic imine (C=N–C) groups is 1. The van der Waals surface area contributed by atoms with Crippen molar-refractivity contribution in [2.24, 2.45) is 4.99 Å². The van der Waals surface area contributed by atoms with E-state index in [-0.39, 0.29) is 0 Å². The third kappa shape index (κ3) is 5.78. The van der Waals surface area contributed by atoms with Gasteiger partial charge in [0.2, 0.25) is 0 Å². The molecule has 0 atom stereocenters. The summed E-state index contributed by atoms with van der Waals surface area (Å²) >= 11 is 1.01. The number of nitrogens with zero attached hydrogens (tertiary/aromatic N) is 5. The molecule has 3 aromatic rings. The monoisotopic (exact) mass is 437 g/mol. The number of halogens is 3. The average molecular weight is 437 g/mol. The summed E-state index contributed by atoms with van der Waals surface area (Å²) in [7, 11) is 0. The smallest absolute Gasteiger partial charge is 0.357 e. The maximum atomic E-state index is 12.6. The van der Waals surface area contributed by atoms with Gasteiger partial charge in [-0.05, 0) is 25.5 Å². The molecule has 0 spiro atoms. The molecule has 0 aliphatic carbocycles. The number of guanidine groups is 1. The first kappa shape index (κ1) is 21.8. The molecule has 0 amide bonds. The molecule has 30 heavy (non-hydrogen) atoms. The van der Waals surface area contributed by atoms with Crippen LogP contribution in [0, 0.1) is 6.92 Å². The second kappa shape index (κ2) is 9.70. The molecule has 0 unspecified atom stereocenters. The number of hydrogen-bond acceptors (Lipinski definition) is 5. The standard InChI is InChI=1S/C19H22F3N7S/c1-3-23-18(25-7-6-17-28-15(12-30-17)19(20,21)22)27-11-14-4-5-16(26-10-14)29-9-8-24-13(29)2/h4-5,8-10,12H,3,6-7,11H2,1-2H3,(H2,23,25,27). The fourth-order valence-corrected chi connectivity index (χ4v) is 3.43. The van der Waals surface area contributed by atoms with Crippen molar-refractivity contribution >= 4 is 17.3 Å². The fraction of sp³-hybridized carbons (Fsp3) is 0.368. The zero-order valence-corrected chi connectivity index (χ0v) is 17.4. The molecule has 0 saturated heterocycles. The normalized spacial score (nSPS) is 12.2. The summed E-state index contributed by atoms with van der Waals surface area (Å²) in [4.78, 5) is 16.8. The minimum absolute atomic E-state index is 0.381. The van der Waals surface area contributed by atoms with Gasteiger partial charge in [-0.1, -0.05) is 6.07 Å². The lowest BCUT2D eigenvalue weighted by atomic mass is 10.3. The van der Waals surface area contributed by atoms with E-state index in [2.05, 4.69) is 30.6 Å². The van der Waals surface area contributed by atoms with Crippen molar-refractivity contribution in [1.29, 1.82) is 0 Å². The number of alkyl halides is 3. The summed E-state index contributed by atoms with van der Waals surface area (Å²) in [6.45, 7) is 5.36. The van der Waals surface area contributed by atoms with Crippen molar-refractivity contribution in [3.8, 4) is 5.82 Å². The fourth-order valence-electron chi connectivity index (χ4n) is 2.63. The van der Waals surface area contributed by atoms with Crippen LogP contribution in [0.3, 0.4) is 0 Å². The van der Waals surface area contributed by atoms with Gasteiger partial charge in [0.15, 0.2) is 11.7 Å². The van der Waals surface area contributed by atoms with E-state index < -0.39 is 11.9 Å². The molecular formula is C19H22F3N7S. The first-order chi connectivity index (χ1) is 14.4. The Balaban J connectivity index is 1.55. The Bertz CT molecular complexity index is 977. The van der Waals surface area contributed by atoms with Crippen molar-refractivity contribution in [3.63, 3.8) is 0 Å². The highest BCUT2D eigenvalue weighted by Crippen LogP contribution is 2.30. The molecule has 3 aromatic heterocycles. The van der Waals surface area contributed by atoms with E-state index in [9.17, 15) is 13.2 Å². The van der Waals surface area contributed by atoms with Crippen molar-refractivity contribution < 1.29 is 13.2 Å². The molecule has 0 aromatic carbocycles. The first-order valence-electron chi connectivity index (χ1n) is 9.36. The van der Waals surface area contributed by atoms with E-state index in [4.69, 9.17) is 0 Å². The number of aryl methyl sites for hydroxylation is 1. The third-order valence-electron chi connectivity index (χ3n) is 4.12. The molecule has 3 heterocycles. The topological polar surface area (TPSA) is 80.0 Å². The number of thiazole rings is 1. The van der Waals surface area contributed by atoms with E-state index in [1.807, 2.05) is 36.7 Å². The molecule has 0 saturated carbocycles. The summed E-state index contributed by atoms with van der Waals surface area (Å²) < 4.78 is 39.8. The van der Waals surface area contributed by atoms with Gasteiger partial charge >= 0.3 is 6.18 Å². The van der Waals surface area contributed by atoms with Crippen LogP contribution in [0.1, 0.15) is 29.0 Å². The third-order valence-corrected chi connectivity index (χ3v) is 5.03. The quantitative estimate of drug-likeness (QED) is 0.438. The van der Waals surface area contributed by atoms with Gasteiger partial charge in [-0.3, -0.25) is 4.57 Å². The van der Waals surface area contributed by atoms with Crippen molar-refractivity contribution in [1.82, 2.24) is 30.2 Å². The number of rotatable bonds is 7. The molecular weight excluding hydrogens is 415 g/mol. The van der Waals surface area contributed by atoms with E-state index >= 15 is 0 Å². The predicted octanol–water partition coefficient (Wildman–Crippen LogP) is 3.35. The summed E-state index contributed by atoms with van der Waals surface area (Å²) in [6.07, 6.45) is 1.31. The van der Waals surface area contributed by atoms with Gasteiger partial charge in [0.05, 0.1) is 11.6 Å². The van der Waals surface area contributed by atoms with E-state index in [0.29, 0.717) is 37.0 Å². The Labute approximate surface area is 176 Å². The predicted molar refractivity (Wildman–Crippen MR) is 110 cm³/mol. The second-order valence-electron chi connectivity index (χ2n) is 6.37. The van der Waals surface area contributed by atoms with Crippen LogP contribution < -0.4 is 10.6 Å². The highest BCUT2D eigenvalue weighted by Gasteiger charge is 2.33. The Morgan fingerprint density at radius 2 is 2.07 bits per heavy atom. The Morgan fingerprint density at radius 3 is 2.67 bits per heavy atom. The van der Waals surface area contributed by atoms with Crippen LogP contribution in [0.2, 0.25) is 0 Å². The lowest BCUT2D eigenvalue weighted by Gasteiger charge is -2.11. The molecule has 0 aliphatic rings. The van der Waals surface area contributed by atoms with Gasteiger partial charge < -0.3 is 10.6 Å². The lowest BCUT2D eigenvalue weighted by molar-refractivity contribution is -0.140. The SMILES string of the molecule is CCNC(=NCc1ccc(-n2ccnc2C)nc1)NCCc1nc(C(F)(F)F)cs1. The summed E-state index contributed by atoms with van der Waals surface area (Å²) in [6, 6.07) is 3.85. The van der Waals surface area contributed by atoms with Crippen molar-refractivity contribution in [2.45, 2.75) is 33.0 Å². The Morgan fingerprint density at radius 1 is 1.23 bits per heavy atom. The van der Waals surface area contributed by atoms with Crippen LogP contribution in [0.15, 0.2) is 41.1 Å². The number of aromatic nitrogens is 4. The maximum Gasteiger partial charge on any atom is 0.434 e. The highest BCUT2D eigenvalue weighted by molar-refractivity contribution is 7.09. The van der Waals surface area contributed by atoms with Crippen LogP contribution in [0.4, 0.5) is 13.2 Å². The molecule has 0 aliphatic heterocycles. The number of pyridine rings is 1. The molecule has 2 N–H and O–H groups in total. The van der Waals surface area contributed by atoms with Crippen LogP contribution in [0.5, 0.6) is 0 Å². The first-order valence-corrected chi connectivity index (χ1v) is 10.2. The molecule has 3 rings (SSSR count). The average Bonchev–Trinajstić information content (AvgIpc) is 3.35. The van der Waals surface area contributed by atoms with Gasteiger partial charge in [-0.2, -0.15) is 13.2 Å². The van der Waals surface area contributed by atoms with Crippen LogP contribution >= 0.6 is 11.3 Å². The van der Waals surface area contributed by atoms with Crippen LogP contribution in [-0.2, 0) is 19.1 Å².